The number of nitrogens with zero attached hydrogens (tertiary/aromatic N) is 1. The zero-order valence-corrected chi connectivity index (χ0v) is 7.50. The molecule has 11 heavy (non-hydrogen) atoms. The van der Waals surface area contributed by atoms with E-state index in [1.165, 1.54) is 0 Å². The van der Waals surface area contributed by atoms with E-state index >= 15 is 0 Å². The summed E-state index contributed by atoms with van der Waals surface area (Å²) in [5, 5.41) is 0. The zero-order valence-electron chi connectivity index (χ0n) is 7.50. The number of rotatable bonds is 4. The van der Waals surface area contributed by atoms with E-state index in [0.717, 1.165) is 6.54 Å². The van der Waals surface area contributed by atoms with Crippen LogP contribution >= 0.6 is 0 Å². The Labute approximate surface area is 68.1 Å². The van der Waals surface area contributed by atoms with E-state index in [-0.39, 0.29) is 5.91 Å². The number of amides is 1. The molecule has 0 fully saturated rings. The second kappa shape index (κ2) is 4.13. The lowest BCUT2D eigenvalue weighted by molar-refractivity contribution is -0.876. The molecule has 3 nitrogen and oxygen atoms in total. The van der Waals surface area contributed by atoms with E-state index in [0.29, 0.717) is 11.0 Å². The van der Waals surface area contributed by atoms with Gasteiger partial charge in [-0.15, -0.1) is 0 Å². The Kier molecular flexibility index (Phi) is 3.82. The van der Waals surface area contributed by atoms with Gasteiger partial charge >= 0.3 is 0 Å². The van der Waals surface area contributed by atoms with Crippen LogP contribution in [0, 0.1) is 0 Å². The number of allylic oxidation sites excluding steroid dienone is 1. The first-order valence-corrected chi connectivity index (χ1v) is 3.69. The summed E-state index contributed by atoms with van der Waals surface area (Å²) in [6.45, 7) is 3.20. The second-order valence-corrected chi connectivity index (χ2v) is 3.31. The molecule has 2 N–H and O–H groups in total. The van der Waals surface area contributed by atoms with Crippen molar-refractivity contribution in [2.24, 2.45) is 5.73 Å². The van der Waals surface area contributed by atoms with Gasteiger partial charge in [-0.25, -0.2) is 0 Å². The molecule has 0 aromatic heterocycles. The number of hydrogen-bond donors (Lipinski definition) is 1. The molecule has 3 heteroatoms. The molecule has 64 valence electrons. The fourth-order valence-corrected chi connectivity index (χ4v) is 0.877. The molecule has 0 saturated heterocycles. The number of likely N-dealkylation sites (N-methyl/N-ethyl adjacent to an activating group) is 1. The van der Waals surface area contributed by atoms with Crippen LogP contribution in [0.2, 0.25) is 0 Å². The third-order valence-corrected chi connectivity index (χ3v) is 1.42. The van der Waals surface area contributed by atoms with E-state index in [4.69, 9.17) is 5.73 Å². The third kappa shape index (κ3) is 5.61. The smallest absolute Gasteiger partial charge is 0.272 e. The zero-order chi connectivity index (χ0) is 8.91. The number of carbonyl (C=O) groups excluding carboxylic acids is 1. The molecule has 0 saturated carbocycles. The fourth-order valence-electron chi connectivity index (χ4n) is 0.877. The summed E-state index contributed by atoms with van der Waals surface area (Å²) in [5.74, 6) is -0.250. The maximum atomic E-state index is 10.6. The number of carbonyl (C=O) groups is 1. The van der Waals surface area contributed by atoms with Crippen molar-refractivity contribution in [1.82, 2.24) is 0 Å². The van der Waals surface area contributed by atoms with Crippen LogP contribution in [0.25, 0.3) is 0 Å². The second-order valence-electron chi connectivity index (χ2n) is 3.31. The van der Waals surface area contributed by atoms with Crippen LogP contribution in [0.4, 0.5) is 0 Å². The van der Waals surface area contributed by atoms with Gasteiger partial charge < -0.3 is 10.2 Å². The van der Waals surface area contributed by atoms with Crippen molar-refractivity contribution in [3.8, 4) is 0 Å². The van der Waals surface area contributed by atoms with Crippen LogP contribution in [-0.4, -0.2) is 37.6 Å². The lowest BCUT2D eigenvalue weighted by Gasteiger charge is -2.26. The Hall–Kier alpha value is -0.830. The SMILES string of the molecule is C/C=C/C[N+](C)(C)CC(N)=O. The summed E-state index contributed by atoms with van der Waals surface area (Å²) in [5.41, 5.74) is 5.07. The maximum Gasteiger partial charge on any atom is 0.272 e. The Morgan fingerprint density at radius 2 is 2.09 bits per heavy atom. The molecule has 1 amide bonds. The maximum absolute atomic E-state index is 10.6. The van der Waals surface area contributed by atoms with Crippen molar-refractivity contribution in [2.75, 3.05) is 27.2 Å². The van der Waals surface area contributed by atoms with Crippen LogP contribution in [0.5, 0.6) is 0 Å². The van der Waals surface area contributed by atoms with Crippen LogP contribution in [0.3, 0.4) is 0 Å². The van der Waals surface area contributed by atoms with E-state index in [1.807, 2.05) is 33.2 Å². The van der Waals surface area contributed by atoms with E-state index < -0.39 is 0 Å². The normalized spacial score (nSPS) is 12.3. The predicted molar refractivity (Wildman–Crippen MR) is 45.9 cm³/mol. The molecule has 0 aromatic carbocycles. The summed E-state index contributed by atoms with van der Waals surface area (Å²) in [6, 6.07) is 0. The van der Waals surface area contributed by atoms with E-state index in [2.05, 4.69) is 0 Å². The quantitative estimate of drug-likeness (QED) is 0.457. The molecular formula is C8H17N2O+. The summed E-state index contributed by atoms with van der Waals surface area (Å²) in [4.78, 5) is 10.6. The molecule has 0 aromatic rings. The highest BCUT2D eigenvalue weighted by atomic mass is 16.1. The van der Waals surface area contributed by atoms with Crippen LogP contribution < -0.4 is 5.73 Å². The average Bonchev–Trinajstić information content (AvgIpc) is 1.81. The van der Waals surface area contributed by atoms with Gasteiger partial charge in [0.05, 0.1) is 20.6 Å². The third-order valence-electron chi connectivity index (χ3n) is 1.42. The average molecular weight is 157 g/mol. The molecule has 0 spiro atoms. The fraction of sp³-hybridized carbons (Fsp3) is 0.625. The van der Waals surface area contributed by atoms with Gasteiger partial charge in [0.15, 0.2) is 6.54 Å². The van der Waals surface area contributed by atoms with Crippen LogP contribution in [-0.2, 0) is 4.79 Å². The van der Waals surface area contributed by atoms with Crippen molar-refractivity contribution in [3.05, 3.63) is 12.2 Å². The van der Waals surface area contributed by atoms with Gasteiger partial charge in [0.25, 0.3) is 5.91 Å². The molecule has 0 radical (unpaired) electrons. The minimum Gasteiger partial charge on any atom is -0.365 e. The molecule has 0 rings (SSSR count). The Balaban J connectivity index is 3.89. The molecule has 0 atom stereocenters. The standard InChI is InChI=1S/C8H16N2O/c1-4-5-6-10(2,3)7-8(9)11/h4-5H,6-7H2,1-3H3,(H-,9,11)/p+1/b5-4+. The first-order chi connectivity index (χ1) is 4.98. The van der Waals surface area contributed by atoms with Crippen molar-refractivity contribution in [3.63, 3.8) is 0 Å². The van der Waals surface area contributed by atoms with Gasteiger partial charge in [-0.1, -0.05) is 6.08 Å². The summed E-state index contributed by atoms with van der Waals surface area (Å²) in [6.07, 6.45) is 4.00. The minimum atomic E-state index is -0.250. The van der Waals surface area contributed by atoms with Gasteiger partial charge in [-0.05, 0) is 13.0 Å². The molecule has 0 heterocycles. The van der Waals surface area contributed by atoms with Gasteiger partial charge in [-0.3, -0.25) is 4.79 Å². The van der Waals surface area contributed by atoms with Gasteiger partial charge in [0.1, 0.15) is 0 Å². The highest BCUT2D eigenvalue weighted by Crippen LogP contribution is 1.95. The minimum absolute atomic E-state index is 0.250. The molecular weight excluding hydrogens is 140 g/mol. The van der Waals surface area contributed by atoms with E-state index in [9.17, 15) is 4.79 Å². The number of quaternary nitrogens is 1. The summed E-state index contributed by atoms with van der Waals surface area (Å²) >= 11 is 0. The Morgan fingerprint density at radius 1 is 1.55 bits per heavy atom. The van der Waals surface area contributed by atoms with Crippen molar-refractivity contribution < 1.29 is 9.28 Å². The van der Waals surface area contributed by atoms with Gasteiger partial charge in [0, 0.05) is 0 Å². The lowest BCUT2D eigenvalue weighted by atomic mass is 10.4. The first kappa shape index (κ1) is 10.2. The first-order valence-electron chi connectivity index (χ1n) is 3.69. The predicted octanol–water partition coefficient (Wildman–Crippen LogP) is 0.124. The van der Waals surface area contributed by atoms with Crippen molar-refractivity contribution in [2.45, 2.75) is 6.92 Å². The molecule has 0 unspecified atom stereocenters. The number of primary amides is 1. The lowest BCUT2D eigenvalue weighted by Crippen LogP contribution is -2.45. The van der Waals surface area contributed by atoms with Crippen LogP contribution in [0.15, 0.2) is 12.2 Å². The van der Waals surface area contributed by atoms with Crippen molar-refractivity contribution in [1.29, 1.82) is 0 Å². The largest absolute Gasteiger partial charge is 0.365 e. The van der Waals surface area contributed by atoms with Gasteiger partial charge in [-0.2, -0.15) is 0 Å². The highest BCUT2D eigenvalue weighted by molar-refractivity contribution is 5.74. The van der Waals surface area contributed by atoms with Crippen LogP contribution in [0.1, 0.15) is 6.92 Å². The van der Waals surface area contributed by atoms with Gasteiger partial charge in [0.2, 0.25) is 0 Å². The molecule has 0 aliphatic rings. The summed E-state index contributed by atoms with van der Waals surface area (Å²) < 4.78 is 0.625. The van der Waals surface area contributed by atoms with E-state index in [1.54, 1.807) is 0 Å². The molecule has 0 aliphatic carbocycles. The highest BCUT2D eigenvalue weighted by Gasteiger charge is 2.15. The Morgan fingerprint density at radius 3 is 2.45 bits per heavy atom. The molecule has 0 aliphatic heterocycles. The number of hydrogen-bond acceptors (Lipinski definition) is 1. The summed E-state index contributed by atoms with van der Waals surface area (Å²) in [7, 11) is 3.95. The topological polar surface area (TPSA) is 43.1 Å². The number of nitrogens with two attached hydrogens (primary N) is 1. The Bertz CT molecular complexity index is 161. The monoisotopic (exact) mass is 157 g/mol. The molecule has 0 bridgehead atoms. The van der Waals surface area contributed by atoms with Crippen molar-refractivity contribution >= 4 is 5.91 Å².